The van der Waals surface area contributed by atoms with Crippen molar-refractivity contribution in [1.29, 1.82) is 0 Å². The Balaban J connectivity index is 1.29. The topological polar surface area (TPSA) is 42.0 Å². The Labute approximate surface area is 179 Å². The molecule has 0 aliphatic heterocycles. The summed E-state index contributed by atoms with van der Waals surface area (Å²) in [4.78, 5) is 18.1. The van der Waals surface area contributed by atoms with Crippen LogP contribution in [0, 0.1) is 6.92 Å². The minimum Gasteiger partial charge on any atom is -0.302 e. The van der Waals surface area contributed by atoms with E-state index in [4.69, 9.17) is 0 Å². The summed E-state index contributed by atoms with van der Waals surface area (Å²) in [5.74, 6) is 0.949. The average Bonchev–Trinajstić information content (AvgIpc) is 3.20. The van der Waals surface area contributed by atoms with E-state index in [0.29, 0.717) is 11.6 Å². The van der Waals surface area contributed by atoms with Gasteiger partial charge in [-0.15, -0.1) is 23.1 Å². The summed E-state index contributed by atoms with van der Waals surface area (Å²) in [6.45, 7) is 2.09. The predicted molar refractivity (Wildman–Crippen MR) is 125 cm³/mol. The highest BCUT2D eigenvalue weighted by Gasteiger charge is 2.09. The standard InChI is InChI=1S/C24H22N2OS2/c1-17-8-12-21(13-9-17)28-14-4-7-23(27)26-24-25-22(16-29-24)20-11-10-18-5-2-3-6-19(18)15-20/h2-3,5-6,8-13,15-16H,4,7,14H2,1H3,(H,25,26,27). The number of rotatable bonds is 7. The Kier molecular flexibility index (Phi) is 6.27. The Morgan fingerprint density at radius 1 is 1.03 bits per heavy atom. The van der Waals surface area contributed by atoms with Crippen LogP contribution >= 0.6 is 23.1 Å². The van der Waals surface area contributed by atoms with Gasteiger partial charge in [0.25, 0.3) is 0 Å². The number of thioether (sulfide) groups is 1. The van der Waals surface area contributed by atoms with Gasteiger partial charge in [0.15, 0.2) is 5.13 Å². The van der Waals surface area contributed by atoms with Crippen molar-refractivity contribution in [3.05, 3.63) is 77.7 Å². The van der Waals surface area contributed by atoms with E-state index in [0.717, 1.165) is 23.4 Å². The molecule has 146 valence electrons. The third-order valence-corrected chi connectivity index (χ3v) is 6.49. The zero-order valence-electron chi connectivity index (χ0n) is 16.2. The molecule has 5 heteroatoms. The molecule has 1 N–H and O–H groups in total. The molecule has 0 bridgehead atoms. The molecular formula is C24H22N2OS2. The highest BCUT2D eigenvalue weighted by Crippen LogP contribution is 2.28. The number of carbonyl (C=O) groups is 1. The Bertz CT molecular complexity index is 1120. The Morgan fingerprint density at radius 2 is 1.83 bits per heavy atom. The number of thiazole rings is 1. The van der Waals surface area contributed by atoms with Crippen molar-refractivity contribution in [2.24, 2.45) is 0 Å². The normalized spacial score (nSPS) is 10.9. The number of nitrogens with one attached hydrogen (secondary N) is 1. The van der Waals surface area contributed by atoms with Gasteiger partial charge in [-0.25, -0.2) is 4.98 Å². The molecule has 0 aliphatic carbocycles. The van der Waals surface area contributed by atoms with Crippen molar-refractivity contribution in [1.82, 2.24) is 4.98 Å². The number of nitrogens with zero attached hydrogens (tertiary/aromatic N) is 1. The lowest BCUT2D eigenvalue weighted by atomic mass is 10.1. The van der Waals surface area contributed by atoms with Crippen LogP contribution in [0.15, 0.2) is 77.0 Å². The molecule has 0 saturated carbocycles. The summed E-state index contributed by atoms with van der Waals surface area (Å²) >= 11 is 3.25. The fraction of sp³-hybridized carbons (Fsp3) is 0.167. The third-order valence-electron chi connectivity index (χ3n) is 4.63. The molecule has 1 heterocycles. The number of hydrogen-bond acceptors (Lipinski definition) is 4. The van der Waals surface area contributed by atoms with E-state index in [1.54, 1.807) is 11.8 Å². The third kappa shape index (κ3) is 5.25. The maximum atomic E-state index is 12.2. The maximum absolute atomic E-state index is 12.2. The van der Waals surface area contributed by atoms with Crippen LogP contribution in [-0.4, -0.2) is 16.6 Å². The number of fused-ring (bicyclic) bond motifs is 1. The lowest BCUT2D eigenvalue weighted by molar-refractivity contribution is -0.116. The number of benzene rings is 3. The van der Waals surface area contributed by atoms with E-state index in [2.05, 4.69) is 71.8 Å². The minimum absolute atomic E-state index is 0.0221. The molecule has 0 atom stereocenters. The van der Waals surface area contributed by atoms with Crippen molar-refractivity contribution < 1.29 is 4.79 Å². The van der Waals surface area contributed by atoms with Crippen molar-refractivity contribution in [2.75, 3.05) is 11.1 Å². The highest BCUT2D eigenvalue weighted by molar-refractivity contribution is 7.99. The molecule has 0 radical (unpaired) electrons. The molecule has 4 aromatic rings. The Hall–Kier alpha value is -2.63. The van der Waals surface area contributed by atoms with E-state index in [1.165, 1.54) is 32.6 Å². The summed E-state index contributed by atoms with van der Waals surface area (Å²) in [6.07, 6.45) is 1.34. The lowest BCUT2D eigenvalue weighted by Gasteiger charge is -2.03. The van der Waals surface area contributed by atoms with Gasteiger partial charge in [0, 0.05) is 22.3 Å². The molecule has 0 fully saturated rings. The largest absolute Gasteiger partial charge is 0.302 e. The molecule has 0 unspecified atom stereocenters. The predicted octanol–water partition coefficient (Wildman–Crippen LogP) is 6.78. The van der Waals surface area contributed by atoms with Crippen molar-refractivity contribution in [2.45, 2.75) is 24.7 Å². The van der Waals surface area contributed by atoms with Gasteiger partial charge in [-0.3, -0.25) is 4.79 Å². The zero-order valence-corrected chi connectivity index (χ0v) is 17.9. The van der Waals surface area contributed by atoms with E-state index >= 15 is 0 Å². The second-order valence-electron chi connectivity index (χ2n) is 6.91. The molecule has 29 heavy (non-hydrogen) atoms. The Morgan fingerprint density at radius 3 is 2.66 bits per heavy atom. The second kappa shape index (κ2) is 9.25. The van der Waals surface area contributed by atoms with Crippen LogP contribution < -0.4 is 5.32 Å². The molecule has 0 spiro atoms. The van der Waals surface area contributed by atoms with Gasteiger partial charge < -0.3 is 5.32 Å². The number of anilines is 1. The number of hydrogen-bond donors (Lipinski definition) is 1. The quantitative estimate of drug-likeness (QED) is 0.266. The average molecular weight is 419 g/mol. The first-order valence-corrected chi connectivity index (χ1v) is 11.5. The highest BCUT2D eigenvalue weighted by atomic mass is 32.2. The molecule has 3 aromatic carbocycles. The molecule has 0 aliphatic rings. The van der Waals surface area contributed by atoms with Crippen molar-refractivity contribution >= 4 is 44.9 Å². The van der Waals surface area contributed by atoms with Crippen LogP contribution in [0.4, 0.5) is 5.13 Å². The summed E-state index contributed by atoms with van der Waals surface area (Å²) in [6, 6.07) is 23.1. The first-order chi connectivity index (χ1) is 14.2. The van der Waals surface area contributed by atoms with Gasteiger partial charge in [-0.05, 0) is 48.1 Å². The molecule has 1 aromatic heterocycles. The second-order valence-corrected chi connectivity index (χ2v) is 8.94. The van der Waals surface area contributed by atoms with Crippen LogP contribution in [0.2, 0.25) is 0 Å². The lowest BCUT2D eigenvalue weighted by Crippen LogP contribution is -2.11. The van der Waals surface area contributed by atoms with Crippen LogP contribution in [0.25, 0.3) is 22.0 Å². The molecule has 4 rings (SSSR count). The number of aromatic nitrogens is 1. The van der Waals surface area contributed by atoms with E-state index in [1.807, 2.05) is 17.5 Å². The summed E-state index contributed by atoms with van der Waals surface area (Å²) in [5, 5.41) is 7.99. The van der Waals surface area contributed by atoms with Crippen molar-refractivity contribution in [3.8, 4) is 11.3 Å². The van der Waals surface area contributed by atoms with Gasteiger partial charge in [-0.2, -0.15) is 0 Å². The molecule has 1 amide bonds. The first-order valence-electron chi connectivity index (χ1n) is 9.61. The number of carbonyl (C=O) groups excluding carboxylic acids is 1. The minimum atomic E-state index is 0.0221. The number of aryl methyl sites for hydroxylation is 1. The fourth-order valence-electron chi connectivity index (χ4n) is 3.05. The monoisotopic (exact) mass is 418 g/mol. The molecule has 0 saturated heterocycles. The first kappa shape index (κ1) is 19.7. The number of amides is 1. The molecular weight excluding hydrogens is 396 g/mol. The van der Waals surface area contributed by atoms with Gasteiger partial charge in [0.1, 0.15) is 0 Å². The van der Waals surface area contributed by atoms with Crippen LogP contribution in [0.5, 0.6) is 0 Å². The van der Waals surface area contributed by atoms with Crippen LogP contribution in [-0.2, 0) is 4.79 Å². The van der Waals surface area contributed by atoms with E-state index in [9.17, 15) is 4.79 Å². The van der Waals surface area contributed by atoms with Gasteiger partial charge in [0.2, 0.25) is 5.91 Å². The zero-order chi connectivity index (χ0) is 20.1. The van der Waals surface area contributed by atoms with Gasteiger partial charge in [0.05, 0.1) is 5.69 Å². The maximum Gasteiger partial charge on any atom is 0.226 e. The fourth-order valence-corrected chi connectivity index (χ4v) is 4.64. The summed E-state index contributed by atoms with van der Waals surface area (Å²) in [5.41, 5.74) is 3.22. The van der Waals surface area contributed by atoms with Crippen LogP contribution in [0.1, 0.15) is 18.4 Å². The molecule has 3 nitrogen and oxygen atoms in total. The van der Waals surface area contributed by atoms with E-state index in [-0.39, 0.29) is 5.91 Å². The van der Waals surface area contributed by atoms with Crippen LogP contribution in [0.3, 0.4) is 0 Å². The van der Waals surface area contributed by atoms with Gasteiger partial charge >= 0.3 is 0 Å². The van der Waals surface area contributed by atoms with E-state index < -0.39 is 0 Å². The van der Waals surface area contributed by atoms with Gasteiger partial charge in [-0.1, -0.05) is 54.1 Å². The smallest absolute Gasteiger partial charge is 0.226 e. The van der Waals surface area contributed by atoms with Crippen molar-refractivity contribution in [3.63, 3.8) is 0 Å². The summed E-state index contributed by atoms with van der Waals surface area (Å²) < 4.78 is 0. The summed E-state index contributed by atoms with van der Waals surface area (Å²) in [7, 11) is 0. The SMILES string of the molecule is Cc1ccc(SCCCC(=O)Nc2nc(-c3ccc4ccccc4c3)cs2)cc1.